The Kier molecular flexibility index (Phi) is 8.46. The van der Waals surface area contributed by atoms with Gasteiger partial charge in [-0.25, -0.2) is 0 Å². The zero-order valence-electron chi connectivity index (χ0n) is 18.7. The number of hydrogen-bond acceptors (Lipinski definition) is 2. The molecule has 0 saturated carbocycles. The molecule has 0 bridgehead atoms. The molecule has 2 nitrogen and oxygen atoms in total. The Balaban J connectivity index is 0.000000260. The van der Waals surface area contributed by atoms with Crippen molar-refractivity contribution in [3.63, 3.8) is 0 Å². The number of nitrogens with zero attached hydrogens (tertiary/aromatic N) is 2. The van der Waals surface area contributed by atoms with Gasteiger partial charge in [0.05, 0.1) is 0 Å². The highest BCUT2D eigenvalue weighted by Crippen LogP contribution is 2.20. The van der Waals surface area contributed by atoms with E-state index in [1.807, 2.05) is 0 Å². The summed E-state index contributed by atoms with van der Waals surface area (Å²) in [5, 5.41) is 0. The van der Waals surface area contributed by atoms with E-state index in [-0.39, 0.29) is 0 Å². The van der Waals surface area contributed by atoms with Crippen molar-refractivity contribution in [3.8, 4) is 0 Å². The first kappa shape index (κ1) is 22.3. The molecule has 0 radical (unpaired) electrons. The lowest BCUT2D eigenvalue weighted by atomic mass is 9.97. The van der Waals surface area contributed by atoms with Crippen molar-refractivity contribution in [2.45, 2.75) is 94.9 Å². The molecule has 0 aliphatic heterocycles. The van der Waals surface area contributed by atoms with E-state index in [1.165, 1.54) is 75.4 Å². The molecular formula is C24H38N2. The van der Waals surface area contributed by atoms with Crippen LogP contribution in [-0.4, -0.2) is 9.97 Å². The van der Waals surface area contributed by atoms with E-state index in [9.17, 15) is 0 Å². The second-order valence-electron chi connectivity index (χ2n) is 7.53. The normalized spacial score (nSPS) is 10.5. The van der Waals surface area contributed by atoms with Crippen molar-refractivity contribution in [3.05, 3.63) is 56.2 Å². The van der Waals surface area contributed by atoms with Crippen LogP contribution in [0.3, 0.4) is 0 Å². The van der Waals surface area contributed by atoms with Crippen molar-refractivity contribution >= 4 is 0 Å². The fourth-order valence-electron chi connectivity index (χ4n) is 3.38. The fourth-order valence-corrected chi connectivity index (χ4v) is 3.38. The van der Waals surface area contributed by atoms with E-state index in [0.717, 1.165) is 6.42 Å². The summed E-state index contributed by atoms with van der Waals surface area (Å²) in [6, 6.07) is 0. The van der Waals surface area contributed by atoms with Crippen molar-refractivity contribution in [2.24, 2.45) is 0 Å². The summed E-state index contributed by atoms with van der Waals surface area (Å²) in [6.07, 6.45) is 4.68. The maximum Gasteiger partial charge on any atom is 0.0438 e. The van der Waals surface area contributed by atoms with E-state index in [4.69, 9.17) is 0 Å². The van der Waals surface area contributed by atoms with Gasteiger partial charge in [0.25, 0.3) is 0 Å². The standard InChI is InChI=1S/2C12H19N/c1-6-7-12-8(2)10(4)13-11(5)9(12)3;1-6-7-12-10(4)8(2)9(3)11(5)13-12/h2*6-7H2,1-5H3. The number of pyridine rings is 2. The van der Waals surface area contributed by atoms with Gasteiger partial charge in [-0.05, 0) is 102 Å². The van der Waals surface area contributed by atoms with Gasteiger partial charge in [0.15, 0.2) is 0 Å². The molecule has 2 aromatic heterocycles. The Morgan fingerprint density at radius 2 is 0.962 bits per heavy atom. The zero-order valence-corrected chi connectivity index (χ0v) is 18.7. The first-order valence-electron chi connectivity index (χ1n) is 10.0. The second kappa shape index (κ2) is 9.85. The van der Waals surface area contributed by atoms with Gasteiger partial charge in [0, 0.05) is 22.8 Å². The van der Waals surface area contributed by atoms with Gasteiger partial charge in [0.2, 0.25) is 0 Å². The molecule has 0 aliphatic carbocycles. The SMILES string of the molecule is CCCc1c(C)c(C)nc(C)c1C.CCCc1nc(C)c(C)c(C)c1C. The fraction of sp³-hybridized carbons (Fsp3) is 0.583. The minimum atomic E-state index is 1.10. The minimum absolute atomic E-state index is 1.10. The number of rotatable bonds is 4. The average Bonchev–Trinajstić information content (AvgIpc) is 2.60. The Hall–Kier alpha value is -1.70. The second-order valence-corrected chi connectivity index (χ2v) is 7.53. The van der Waals surface area contributed by atoms with Crippen LogP contribution >= 0.6 is 0 Å². The van der Waals surface area contributed by atoms with Crippen molar-refractivity contribution in [1.82, 2.24) is 9.97 Å². The van der Waals surface area contributed by atoms with Gasteiger partial charge in [-0.1, -0.05) is 26.7 Å². The predicted molar refractivity (Wildman–Crippen MR) is 114 cm³/mol. The predicted octanol–water partition coefficient (Wildman–Crippen LogP) is 6.54. The molecule has 144 valence electrons. The summed E-state index contributed by atoms with van der Waals surface area (Å²) in [5.74, 6) is 0. The average molecular weight is 355 g/mol. The maximum absolute atomic E-state index is 4.62. The van der Waals surface area contributed by atoms with Gasteiger partial charge in [-0.2, -0.15) is 0 Å². The van der Waals surface area contributed by atoms with Gasteiger partial charge in [-0.3, -0.25) is 9.97 Å². The minimum Gasteiger partial charge on any atom is -0.258 e. The van der Waals surface area contributed by atoms with Crippen LogP contribution in [0, 0.1) is 55.4 Å². The third kappa shape index (κ3) is 5.16. The van der Waals surface area contributed by atoms with Crippen molar-refractivity contribution in [1.29, 1.82) is 0 Å². The van der Waals surface area contributed by atoms with Gasteiger partial charge in [-0.15, -0.1) is 0 Å². The molecule has 0 N–H and O–H groups in total. The van der Waals surface area contributed by atoms with Gasteiger partial charge < -0.3 is 0 Å². The molecule has 2 aromatic rings. The molecule has 26 heavy (non-hydrogen) atoms. The van der Waals surface area contributed by atoms with Crippen LogP contribution in [0.2, 0.25) is 0 Å². The molecule has 0 fully saturated rings. The van der Waals surface area contributed by atoms with Crippen LogP contribution < -0.4 is 0 Å². The number of hydrogen-bond donors (Lipinski definition) is 0. The molecule has 0 aliphatic rings. The quantitative estimate of drug-likeness (QED) is 0.623. The van der Waals surface area contributed by atoms with E-state index in [0.29, 0.717) is 0 Å². The van der Waals surface area contributed by atoms with Crippen LogP contribution in [0.1, 0.15) is 82.8 Å². The summed E-state index contributed by atoms with van der Waals surface area (Å²) in [7, 11) is 0. The van der Waals surface area contributed by atoms with E-state index < -0.39 is 0 Å². The van der Waals surface area contributed by atoms with Crippen molar-refractivity contribution < 1.29 is 0 Å². The molecule has 0 unspecified atom stereocenters. The van der Waals surface area contributed by atoms with Crippen LogP contribution in [0.25, 0.3) is 0 Å². The summed E-state index contributed by atoms with van der Waals surface area (Å²) < 4.78 is 0. The monoisotopic (exact) mass is 354 g/mol. The smallest absolute Gasteiger partial charge is 0.0438 e. The topological polar surface area (TPSA) is 25.8 Å². The summed E-state index contributed by atoms with van der Waals surface area (Å²) in [6.45, 7) is 21.6. The lowest BCUT2D eigenvalue weighted by molar-refractivity contribution is 0.853. The summed E-state index contributed by atoms with van der Waals surface area (Å²) >= 11 is 0. The van der Waals surface area contributed by atoms with E-state index >= 15 is 0 Å². The Labute approximate surface area is 161 Å². The van der Waals surface area contributed by atoms with E-state index in [1.54, 1.807) is 0 Å². The Morgan fingerprint density at radius 1 is 0.500 bits per heavy atom. The third-order valence-electron chi connectivity index (χ3n) is 5.72. The molecule has 2 heteroatoms. The molecule has 0 aromatic carbocycles. The lowest BCUT2D eigenvalue weighted by Crippen LogP contribution is -2.02. The van der Waals surface area contributed by atoms with E-state index in [2.05, 4.69) is 79.2 Å². The highest BCUT2D eigenvalue weighted by molar-refractivity contribution is 5.38. The number of aromatic nitrogens is 2. The molecule has 0 spiro atoms. The summed E-state index contributed by atoms with van der Waals surface area (Å²) in [4.78, 5) is 9.14. The van der Waals surface area contributed by atoms with Crippen LogP contribution in [0.5, 0.6) is 0 Å². The lowest BCUT2D eigenvalue weighted by Gasteiger charge is -2.13. The third-order valence-corrected chi connectivity index (χ3v) is 5.72. The first-order valence-corrected chi connectivity index (χ1v) is 10.0. The highest BCUT2D eigenvalue weighted by atomic mass is 14.7. The van der Waals surface area contributed by atoms with Gasteiger partial charge in [0.1, 0.15) is 0 Å². The van der Waals surface area contributed by atoms with Crippen molar-refractivity contribution in [2.75, 3.05) is 0 Å². The first-order chi connectivity index (χ1) is 12.1. The molecule has 2 heterocycles. The van der Waals surface area contributed by atoms with Crippen LogP contribution in [-0.2, 0) is 12.8 Å². The molecule has 2 rings (SSSR count). The molecule has 0 amide bonds. The Bertz CT molecular complexity index is 732. The molecule has 0 saturated heterocycles. The van der Waals surface area contributed by atoms with Crippen LogP contribution in [0.4, 0.5) is 0 Å². The van der Waals surface area contributed by atoms with Crippen LogP contribution in [0.15, 0.2) is 0 Å². The number of aryl methyl sites for hydroxylation is 4. The molecular weight excluding hydrogens is 316 g/mol. The molecule has 0 atom stereocenters. The largest absolute Gasteiger partial charge is 0.258 e. The summed E-state index contributed by atoms with van der Waals surface area (Å²) in [5.41, 5.74) is 13.2. The zero-order chi connectivity index (χ0) is 20.0. The maximum atomic E-state index is 4.62. The Morgan fingerprint density at radius 3 is 1.42 bits per heavy atom. The highest BCUT2D eigenvalue weighted by Gasteiger charge is 2.08. The van der Waals surface area contributed by atoms with Gasteiger partial charge >= 0.3 is 0 Å².